The number of nitrogens with one attached hydrogen (secondary N) is 1. The molecular formula is C30H23N3O3. The Bertz CT molecular complexity index is 1510. The van der Waals surface area contributed by atoms with Gasteiger partial charge in [0.2, 0.25) is 0 Å². The van der Waals surface area contributed by atoms with Crippen LogP contribution in [-0.4, -0.2) is 17.6 Å². The van der Waals surface area contributed by atoms with Crippen molar-refractivity contribution in [2.45, 2.75) is 6.54 Å². The summed E-state index contributed by atoms with van der Waals surface area (Å²) >= 11 is 0. The molecule has 2 aromatic heterocycles. The molecule has 176 valence electrons. The molecule has 0 spiro atoms. The molecule has 1 amide bonds. The van der Waals surface area contributed by atoms with Crippen molar-refractivity contribution in [3.05, 3.63) is 120 Å². The first-order chi connectivity index (χ1) is 17.7. The largest absolute Gasteiger partial charge is 0.497 e. The van der Waals surface area contributed by atoms with Gasteiger partial charge in [-0.05, 0) is 41.0 Å². The lowest BCUT2D eigenvalue weighted by atomic mass is 9.98. The number of nitriles is 1. The van der Waals surface area contributed by atoms with Crippen molar-refractivity contribution < 1.29 is 13.9 Å². The van der Waals surface area contributed by atoms with Crippen molar-refractivity contribution in [3.8, 4) is 34.2 Å². The van der Waals surface area contributed by atoms with Crippen LogP contribution in [0, 0.1) is 11.3 Å². The summed E-state index contributed by atoms with van der Waals surface area (Å²) in [6.07, 6.45) is 1.45. The Labute approximate surface area is 209 Å². The molecule has 0 bridgehead atoms. The molecule has 0 unspecified atom stereocenters. The normalized spacial score (nSPS) is 10.6. The predicted octanol–water partition coefficient (Wildman–Crippen LogP) is 6.60. The SMILES string of the molecule is COc1ccc(Cn2c(NC(=O)c3ccco3)c(C#N)c(-c3ccccc3)c2-c2ccccc2)cc1. The average Bonchev–Trinajstić information content (AvgIpc) is 3.57. The minimum atomic E-state index is -0.427. The summed E-state index contributed by atoms with van der Waals surface area (Å²) in [7, 11) is 1.63. The van der Waals surface area contributed by atoms with E-state index in [-0.39, 0.29) is 5.76 Å². The van der Waals surface area contributed by atoms with Gasteiger partial charge in [0.25, 0.3) is 5.91 Å². The minimum Gasteiger partial charge on any atom is -0.497 e. The van der Waals surface area contributed by atoms with Gasteiger partial charge in [0.05, 0.1) is 19.1 Å². The molecule has 3 aromatic carbocycles. The molecule has 0 radical (unpaired) electrons. The molecule has 0 saturated heterocycles. The third kappa shape index (κ3) is 4.38. The number of hydrogen-bond donors (Lipinski definition) is 1. The highest BCUT2D eigenvalue weighted by Crippen LogP contribution is 2.42. The molecule has 0 fully saturated rings. The lowest BCUT2D eigenvalue weighted by Gasteiger charge is -2.15. The van der Waals surface area contributed by atoms with Gasteiger partial charge in [-0.25, -0.2) is 0 Å². The van der Waals surface area contributed by atoms with Crippen molar-refractivity contribution in [2.75, 3.05) is 12.4 Å². The molecule has 5 rings (SSSR count). The maximum absolute atomic E-state index is 13.1. The summed E-state index contributed by atoms with van der Waals surface area (Å²) in [5, 5.41) is 13.3. The van der Waals surface area contributed by atoms with E-state index in [2.05, 4.69) is 11.4 Å². The smallest absolute Gasteiger partial charge is 0.292 e. The number of anilines is 1. The third-order valence-electron chi connectivity index (χ3n) is 5.96. The summed E-state index contributed by atoms with van der Waals surface area (Å²) in [6, 6.07) is 33.0. The zero-order chi connectivity index (χ0) is 24.9. The van der Waals surface area contributed by atoms with Crippen molar-refractivity contribution in [3.63, 3.8) is 0 Å². The molecule has 6 heteroatoms. The van der Waals surface area contributed by atoms with Gasteiger partial charge in [-0.3, -0.25) is 4.79 Å². The second-order valence-electron chi connectivity index (χ2n) is 8.16. The second kappa shape index (κ2) is 10.1. The van der Waals surface area contributed by atoms with Gasteiger partial charge in [0.15, 0.2) is 5.76 Å². The van der Waals surface area contributed by atoms with Gasteiger partial charge < -0.3 is 19.0 Å². The highest BCUT2D eigenvalue weighted by molar-refractivity contribution is 6.04. The number of rotatable bonds is 7. The van der Waals surface area contributed by atoms with Crippen LogP contribution in [0.15, 0.2) is 108 Å². The first kappa shape index (κ1) is 22.8. The van der Waals surface area contributed by atoms with E-state index >= 15 is 0 Å². The van der Waals surface area contributed by atoms with Gasteiger partial charge in [-0.1, -0.05) is 72.8 Å². The molecule has 1 N–H and O–H groups in total. The van der Waals surface area contributed by atoms with Gasteiger partial charge in [0.1, 0.15) is 23.2 Å². The molecule has 0 atom stereocenters. The molecular weight excluding hydrogens is 450 g/mol. The Kier molecular flexibility index (Phi) is 6.37. The van der Waals surface area contributed by atoms with Crippen LogP contribution in [0.5, 0.6) is 5.75 Å². The molecule has 0 aliphatic heterocycles. The fourth-order valence-corrected chi connectivity index (χ4v) is 4.29. The second-order valence-corrected chi connectivity index (χ2v) is 8.16. The molecule has 6 nitrogen and oxygen atoms in total. The standard InChI is InChI=1S/C30H23N3O3/c1-35-24-16-14-21(15-17-24)20-33-28(23-11-6-3-7-12-23)27(22-9-4-2-5-10-22)25(19-31)29(33)32-30(34)26-13-8-18-36-26/h2-18H,20H2,1H3,(H,32,34). The summed E-state index contributed by atoms with van der Waals surface area (Å²) < 4.78 is 12.6. The van der Waals surface area contributed by atoms with Crippen LogP contribution in [-0.2, 0) is 6.54 Å². The van der Waals surface area contributed by atoms with Crippen LogP contribution in [0.2, 0.25) is 0 Å². The van der Waals surface area contributed by atoms with Crippen LogP contribution in [0.3, 0.4) is 0 Å². The number of methoxy groups -OCH3 is 1. The number of hydrogen-bond acceptors (Lipinski definition) is 4. The summed E-state index contributed by atoms with van der Waals surface area (Å²) in [4.78, 5) is 13.1. The molecule has 5 aromatic rings. The Morgan fingerprint density at radius 2 is 1.58 bits per heavy atom. The van der Waals surface area contributed by atoms with E-state index in [4.69, 9.17) is 9.15 Å². The lowest BCUT2D eigenvalue weighted by molar-refractivity contribution is 0.0996. The fraction of sp³-hybridized carbons (Fsp3) is 0.0667. The zero-order valence-electron chi connectivity index (χ0n) is 19.6. The van der Waals surface area contributed by atoms with E-state index in [9.17, 15) is 10.1 Å². The lowest BCUT2D eigenvalue weighted by Crippen LogP contribution is -2.16. The average molecular weight is 474 g/mol. The number of benzene rings is 3. The summed E-state index contributed by atoms with van der Waals surface area (Å²) in [5.74, 6) is 0.902. The van der Waals surface area contributed by atoms with Gasteiger partial charge in [0, 0.05) is 12.1 Å². The van der Waals surface area contributed by atoms with Crippen molar-refractivity contribution in [1.29, 1.82) is 5.26 Å². The van der Waals surface area contributed by atoms with Gasteiger partial charge >= 0.3 is 0 Å². The fourth-order valence-electron chi connectivity index (χ4n) is 4.29. The first-order valence-electron chi connectivity index (χ1n) is 11.4. The zero-order valence-corrected chi connectivity index (χ0v) is 19.6. The summed E-state index contributed by atoms with van der Waals surface area (Å²) in [6.45, 7) is 0.420. The molecule has 0 saturated carbocycles. The number of carbonyl (C=O) groups is 1. The molecule has 0 aliphatic rings. The number of nitrogens with zero attached hydrogens (tertiary/aromatic N) is 2. The van der Waals surface area contributed by atoms with E-state index < -0.39 is 5.91 Å². The van der Waals surface area contributed by atoms with Crippen molar-refractivity contribution >= 4 is 11.7 Å². The Hall–Kier alpha value is -5.02. The monoisotopic (exact) mass is 473 g/mol. The minimum absolute atomic E-state index is 0.165. The highest BCUT2D eigenvalue weighted by Gasteiger charge is 2.27. The van der Waals surface area contributed by atoms with E-state index in [1.54, 1.807) is 19.2 Å². The van der Waals surface area contributed by atoms with Crippen LogP contribution in [0.4, 0.5) is 5.82 Å². The Morgan fingerprint density at radius 1 is 0.917 bits per heavy atom. The molecule has 36 heavy (non-hydrogen) atoms. The quantitative estimate of drug-likeness (QED) is 0.289. The van der Waals surface area contributed by atoms with Crippen LogP contribution in [0.25, 0.3) is 22.4 Å². The topological polar surface area (TPSA) is 80.2 Å². The highest BCUT2D eigenvalue weighted by atomic mass is 16.5. The first-order valence-corrected chi connectivity index (χ1v) is 11.4. The predicted molar refractivity (Wildman–Crippen MR) is 139 cm³/mol. The van der Waals surface area contributed by atoms with Gasteiger partial charge in [-0.2, -0.15) is 5.26 Å². The third-order valence-corrected chi connectivity index (χ3v) is 5.96. The number of aromatic nitrogens is 1. The van der Waals surface area contributed by atoms with E-state index in [1.807, 2.05) is 89.5 Å². The Morgan fingerprint density at radius 3 is 2.17 bits per heavy atom. The van der Waals surface area contributed by atoms with E-state index in [1.165, 1.54) is 6.26 Å². The summed E-state index contributed by atoms with van der Waals surface area (Å²) in [5.41, 5.74) is 4.78. The maximum Gasteiger partial charge on any atom is 0.292 e. The van der Waals surface area contributed by atoms with Crippen molar-refractivity contribution in [1.82, 2.24) is 4.57 Å². The number of carbonyl (C=O) groups excluding carboxylic acids is 1. The number of furan rings is 1. The van der Waals surface area contributed by atoms with Crippen LogP contribution >= 0.6 is 0 Å². The van der Waals surface area contributed by atoms with Crippen molar-refractivity contribution in [2.24, 2.45) is 0 Å². The van der Waals surface area contributed by atoms with Crippen LogP contribution in [0.1, 0.15) is 21.7 Å². The van der Waals surface area contributed by atoms with Crippen LogP contribution < -0.4 is 10.1 Å². The number of amides is 1. The number of ether oxygens (including phenoxy) is 1. The maximum atomic E-state index is 13.1. The molecule has 0 aliphatic carbocycles. The van der Waals surface area contributed by atoms with Gasteiger partial charge in [-0.15, -0.1) is 0 Å². The Balaban J connectivity index is 1.76. The van der Waals surface area contributed by atoms with E-state index in [0.717, 1.165) is 33.7 Å². The molecule has 2 heterocycles. The van der Waals surface area contributed by atoms with E-state index in [0.29, 0.717) is 17.9 Å².